The lowest BCUT2D eigenvalue weighted by molar-refractivity contribution is -0.131. The average Bonchev–Trinajstić information content (AvgIpc) is 3.34. The van der Waals surface area contributed by atoms with Gasteiger partial charge >= 0.3 is 6.03 Å². The van der Waals surface area contributed by atoms with Gasteiger partial charge in [-0.3, -0.25) is 4.79 Å². The van der Waals surface area contributed by atoms with Crippen LogP contribution in [0.15, 0.2) is 42.5 Å². The van der Waals surface area contributed by atoms with Crippen molar-refractivity contribution in [2.45, 2.75) is 38.5 Å². The number of hydrogen-bond acceptors (Lipinski definition) is 3. The molecule has 1 heterocycles. The van der Waals surface area contributed by atoms with Gasteiger partial charge in [-0.15, -0.1) is 0 Å². The molecule has 1 saturated carbocycles. The van der Waals surface area contributed by atoms with Crippen LogP contribution >= 0.6 is 23.2 Å². The summed E-state index contributed by atoms with van der Waals surface area (Å²) in [5.74, 6) is 1.06. The van der Waals surface area contributed by atoms with E-state index in [4.69, 9.17) is 23.2 Å². The van der Waals surface area contributed by atoms with Crippen LogP contribution in [0.5, 0.6) is 0 Å². The first-order chi connectivity index (χ1) is 16.0. The van der Waals surface area contributed by atoms with E-state index in [1.165, 1.54) is 25.7 Å². The molecule has 2 aromatic carbocycles. The summed E-state index contributed by atoms with van der Waals surface area (Å²) in [6.07, 6.45) is 6.98. The molecule has 0 unspecified atom stereocenters. The summed E-state index contributed by atoms with van der Waals surface area (Å²) in [7, 11) is 0. The number of urea groups is 1. The third kappa shape index (κ3) is 6.55. The second-order valence-electron chi connectivity index (χ2n) is 8.81. The number of carbonyl (C=O) groups is 2. The van der Waals surface area contributed by atoms with Crippen LogP contribution in [-0.2, 0) is 4.79 Å². The Kier molecular flexibility index (Phi) is 7.99. The molecular formula is C25H30Cl2N4O2. The number of rotatable bonds is 6. The van der Waals surface area contributed by atoms with E-state index in [-0.39, 0.29) is 6.03 Å². The van der Waals surface area contributed by atoms with Crippen molar-refractivity contribution < 1.29 is 9.59 Å². The summed E-state index contributed by atoms with van der Waals surface area (Å²) in [4.78, 5) is 29.1. The summed E-state index contributed by atoms with van der Waals surface area (Å²) in [5.41, 5.74) is 2.34. The van der Waals surface area contributed by atoms with Gasteiger partial charge in [0.05, 0.1) is 10.0 Å². The fourth-order valence-corrected chi connectivity index (χ4v) is 4.92. The molecule has 176 valence electrons. The molecule has 0 radical (unpaired) electrons. The first kappa shape index (κ1) is 23.7. The third-order valence-corrected chi connectivity index (χ3v) is 7.28. The number of benzene rings is 2. The highest BCUT2D eigenvalue weighted by Gasteiger charge is 2.23. The van der Waals surface area contributed by atoms with E-state index >= 15 is 0 Å². The lowest BCUT2D eigenvalue weighted by Crippen LogP contribution is -2.48. The highest BCUT2D eigenvalue weighted by molar-refractivity contribution is 6.42. The number of anilines is 3. The standard InChI is InChI=1S/C25H30Cl2N4O2/c26-22-11-8-20(17-23(22)27)29-25(33)28-19-6-9-21(10-7-19)30-13-15-31(16-14-30)24(32)12-5-18-3-1-2-4-18/h6-11,17-18H,1-5,12-16H2,(H2,28,29,33). The average molecular weight is 489 g/mol. The molecular weight excluding hydrogens is 459 g/mol. The van der Waals surface area contributed by atoms with Crippen molar-refractivity contribution in [1.29, 1.82) is 0 Å². The summed E-state index contributed by atoms with van der Waals surface area (Å²) in [5, 5.41) is 6.38. The maximum Gasteiger partial charge on any atom is 0.323 e. The SMILES string of the molecule is O=C(Nc1ccc(N2CCN(C(=O)CCC3CCCC3)CC2)cc1)Nc1ccc(Cl)c(Cl)c1. The van der Waals surface area contributed by atoms with Gasteiger partial charge in [-0.25, -0.2) is 4.79 Å². The van der Waals surface area contributed by atoms with Gasteiger partial charge in [-0.05, 0) is 54.8 Å². The number of hydrogen-bond donors (Lipinski definition) is 2. The van der Waals surface area contributed by atoms with Gasteiger partial charge < -0.3 is 20.4 Å². The van der Waals surface area contributed by atoms with Crippen molar-refractivity contribution in [1.82, 2.24) is 4.90 Å². The van der Waals surface area contributed by atoms with Gasteiger partial charge in [0.1, 0.15) is 0 Å². The quantitative estimate of drug-likeness (QED) is 0.504. The molecule has 33 heavy (non-hydrogen) atoms. The lowest BCUT2D eigenvalue weighted by atomic mass is 10.0. The Hall–Kier alpha value is -2.44. The van der Waals surface area contributed by atoms with E-state index in [1.54, 1.807) is 18.2 Å². The van der Waals surface area contributed by atoms with Crippen molar-refractivity contribution in [3.8, 4) is 0 Å². The van der Waals surface area contributed by atoms with Crippen LogP contribution in [0.2, 0.25) is 10.0 Å². The van der Waals surface area contributed by atoms with Crippen LogP contribution in [0.4, 0.5) is 21.9 Å². The van der Waals surface area contributed by atoms with Crippen molar-refractivity contribution >= 4 is 52.2 Å². The van der Waals surface area contributed by atoms with Crippen LogP contribution < -0.4 is 15.5 Å². The normalized spacial score (nSPS) is 16.7. The fraction of sp³-hybridized carbons (Fsp3) is 0.440. The molecule has 2 fully saturated rings. The molecule has 1 aliphatic heterocycles. The van der Waals surface area contributed by atoms with Gasteiger partial charge in [-0.2, -0.15) is 0 Å². The topological polar surface area (TPSA) is 64.7 Å². The summed E-state index contributed by atoms with van der Waals surface area (Å²) in [6.45, 7) is 3.16. The first-order valence-electron chi connectivity index (χ1n) is 11.6. The number of nitrogens with zero attached hydrogens (tertiary/aromatic N) is 2. The first-order valence-corrected chi connectivity index (χ1v) is 12.4. The van der Waals surface area contributed by atoms with Crippen molar-refractivity contribution in [2.24, 2.45) is 5.92 Å². The molecule has 2 N–H and O–H groups in total. The third-order valence-electron chi connectivity index (χ3n) is 6.54. The summed E-state index contributed by atoms with van der Waals surface area (Å²) in [6, 6.07) is 12.3. The van der Waals surface area contributed by atoms with E-state index < -0.39 is 0 Å². The van der Waals surface area contributed by atoms with Crippen LogP contribution in [0, 0.1) is 5.92 Å². The lowest BCUT2D eigenvalue weighted by Gasteiger charge is -2.36. The summed E-state index contributed by atoms with van der Waals surface area (Å²) < 4.78 is 0. The zero-order valence-electron chi connectivity index (χ0n) is 18.7. The molecule has 6 nitrogen and oxygen atoms in total. The molecule has 1 saturated heterocycles. The Bertz CT molecular complexity index is 969. The van der Waals surface area contributed by atoms with Crippen LogP contribution in [0.25, 0.3) is 0 Å². The Morgan fingerprint density at radius 2 is 1.48 bits per heavy atom. The van der Waals surface area contributed by atoms with Crippen LogP contribution in [0.3, 0.4) is 0 Å². The van der Waals surface area contributed by atoms with Crippen molar-refractivity contribution in [2.75, 3.05) is 41.7 Å². The van der Waals surface area contributed by atoms with Gasteiger partial charge in [-0.1, -0.05) is 48.9 Å². The minimum absolute atomic E-state index is 0.300. The molecule has 0 bridgehead atoms. The fourth-order valence-electron chi connectivity index (χ4n) is 4.62. The molecule has 2 aliphatic rings. The molecule has 2 aromatic rings. The largest absolute Gasteiger partial charge is 0.368 e. The molecule has 0 atom stereocenters. The van der Waals surface area contributed by atoms with Crippen LogP contribution in [0.1, 0.15) is 38.5 Å². The zero-order chi connectivity index (χ0) is 23.2. The predicted molar refractivity (Wildman–Crippen MR) is 136 cm³/mol. The van der Waals surface area contributed by atoms with Gasteiger partial charge in [0, 0.05) is 49.7 Å². The number of halogens is 2. The van der Waals surface area contributed by atoms with Gasteiger partial charge in [0.25, 0.3) is 0 Å². The van der Waals surface area contributed by atoms with E-state index in [9.17, 15) is 9.59 Å². The Labute approximate surface area is 205 Å². The minimum Gasteiger partial charge on any atom is -0.368 e. The molecule has 8 heteroatoms. The van der Waals surface area contributed by atoms with E-state index in [0.717, 1.165) is 44.2 Å². The second-order valence-corrected chi connectivity index (χ2v) is 9.63. The Morgan fingerprint density at radius 3 is 2.15 bits per heavy atom. The Morgan fingerprint density at radius 1 is 0.848 bits per heavy atom. The highest BCUT2D eigenvalue weighted by atomic mass is 35.5. The van der Waals surface area contributed by atoms with Crippen LogP contribution in [-0.4, -0.2) is 43.0 Å². The van der Waals surface area contributed by atoms with Gasteiger partial charge in [0.2, 0.25) is 5.91 Å². The van der Waals surface area contributed by atoms with E-state index in [0.29, 0.717) is 33.7 Å². The minimum atomic E-state index is -0.356. The van der Waals surface area contributed by atoms with Crippen molar-refractivity contribution in [3.63, 3.8) is 0 Å². The zero-order valence-corrected chi connectivity index (χ0v) is 20.2. The highest BCUT2D eigenvalue weighted by Crippen LogP contribution is 2.29. The number of nitrogens with one attached hydrogen (secondary N) is 2. The van der Waals surface area contributed by atoms with E-state index in [1.807, 2.05) is 29.2 Å². The maximum atomic E-state index is 12.6. The molecule has 4 rings (SSSR count). The number of amides is 3. The van der Waals surface area contributed by atoms with E-state index in [2.05, 4.69) is 15.5 Å². The molecule has 3 amide bonds. The number of piperazine rings is 1. The molecule has 0 aromatic heterocycles. The smallest absolute Gasteiger partial charge is 0.323 e. The summed E-state index contributed by atoms with van der Waals surface area (Å²) >= 11 is 11.9. The predicted octanol–water partition coefficient (Wildman–Crippen LogP) is 6.26. The number of carbonyl (C=O) groups excluding carboxylic acids is 2. The second kappa shape index (κ2) is 11.1. The monoisotopic (exact) mass is 488 g/mol. The molecule has 1 aliphatic carbocycles. The maximum absolute atomic E-state index is 12.6. The Balaban J connectivity index is 1.22. The van der Waals surface area contributed by atoms with Gasteiger partial charge in [0.15, 0.2) is 0 Å². The molecule has 0 spiro atoms. The van der Waals surface area contributed by atoms with Crippen molar-refractivity contribution in [3.05, 3.63) is 52.5 Å².